The summed E-state index contributed by atoms with van der Waals surface area (Å²) in [6, 6.07) is 6.86. The fourth-order valence-corrected chi connectivity index (χ4v) is 2.68. The first kappa shape index (κ1) is 11.2. The molecule has 1 aromatic carbocycles. The lowest BCUT2D eigenvalue weighted by Crippen LogP contribution is -2.36. The van der Waals surface area contributed by atoms with Crippen LogP contribution in [0.1, 0.15) is 20.7 Å². The van der Waals surface area contributed by atoms with Gasteiger partial charge in [-0.15, -0.1) is 0 Å². The molecule has 0 saturated carbocycles. The van der Waals surface area contributed by atoms with Gasteiger partial charge >= 0.3 is 0 Å². The number of hydrogen-bond donors (Lipinski definition) is 1. The molecule has 18 heavy (non-hydrogen) atoms. The predicted octanol–water partition coefficient (Wildman–Crippen LogP) is 2.28. The van der Waals surface area contributed by atoms with E-state index in [1.807, 2.05) is 0 Å². The number of rotatable bonds is 0. The number of fused-ring (bicyclic) bond motifs is 2. The van der Waals surface area contributed by atoms with Crippen molar-refractivity contribution in [3.63, 3.8) is 0 Å². The Kier molecular flexibility index (Phi) is 2.38. The summed E-state index contributed by atoms with van der Waals surface area (Å²) in [5.74, 6) is -1.18. The number of benzene rings is 1. The molecule has 2 aliphatic rings. The third kappa shape index (κ3) is 1.44. The molecule has 0 saturated heterocycles. The third-order valence-corrected chi connectivity index (χ3v) is 3.76. The van der Waals surface area contributed by atoms with E-state index in [2.05, 4.69) is 0 Å². The number of allylic oxidation sites excluding steroid dienone is 3. The van der Waals surface area contributed by atoms with E-state index in [-0.39, 0.29) is 11.6 Å². The molecule has 0 spiro atoms. The van der Waals surface area contributed by atoms with E-state index < -0.39 is 11.8 Å². The lowest BCUT2D eigenvalue weighted by molar-refractivity contribution is 0.0800. The van der Waals surface area contributed by atoms with Crippen molar-refractivity contribution in [3.8, 4) is 0 Å². The molecule has 0 fully saturated rings. The van der Waals surface area contributed by atoms with Crippen molar-refractivity contribution in [1.29, 1.82) is 0 Å². The standard InChI is InChI=1S/C14H10ClNO2/c15-11-5-9-10(6-12(11)16)14(18)8-4-2-1-3-7(8)13(9)17/h1-6,9-10H,16H2/t9-,10-/m1/s1. The topological polar surface area (TPSA) is 60.2 Å². The molecule has 90 valence electrons. The fourth-order valence-electron chi connectivity index (χ4n) is 2.48. The maximum absolute atomic E-state index is 12.3. The minimum atomic E-state index is -0.521. The van der Waals surface area contributed by atoms with E-state index in [1.54, 1.807) is 36.4 Å². The Bertz CT molecular complexity index is 575. The molecule has 3 nitrogen and oxygen atoms in total. The van der Waals surface area contributed by atoms with Gasteiger partial charge in [0, 0.05) is 16.8 Å². The zero-order chi connectivity index (χ0) is 12.9. The van der Waals surface area contributed by atoms with Gasteiger partial charge in [0.2, 0.25) is 0 Å². The van der Waals surface area contributed by atoms with Crippen molar-refractivity contribution in [3.05, 3.63) is 58.3 Å². The average Bonchev–Trinajstić information content (AvgIpc) is 2.38. The Labute approximate surface area is 109 Å². The molecule has 2 atom stereocenters. The number of Topliss-reactive ketones (excluding diaryl/α,β-unsaturated/α-hetero) is 2. The summed E-state index contributed by atoms with van der Waals surface area (Å²) >= 11 is 5.93. The number of carbonyl (C=O) groups excluding carboxylic acids is 2. The van der Waals surface area contributed by atoms with Crippen molar-refractivity contribution in [2.75, 3.05) is 0 Å². The molecule has 0 amide bonds. The third-order valence-electron chi connectivity index (χ3n) is 3.41. The van der Waals surface area contributed by atoms with Gasteiger partial charge in [-0.3, -0.25) is 9.59 Å². The Morgan fingerprint density at radius 3 is 2.00 bits per heavy atom. The molecule has 0 unspecified atom stereocenters. The van der Waals surface area contributed by atoms with Crippen molar-refractivity contribution >= 4 is 23.2 Å². The SMILES string of the molecule is NC1=C[C@H]2C(=O)c3ccccc3C(=O)[C@@H]2C=C1Cl. The van der Waals surface area contributed by atoms with Crippen LogP contribution in [-0.2, 0) is 0 Å². The Balaban J connectivity index is 2.19. The number of hydrogen-bond acceptors (Lipinski definition) is 3. The van der Waals surface area contributed by atoms with Gasteiger partial charge in [-0.05, 0) is 6.08 Å². The van der Waals surface area contributed by atoms with Crippen molar-refractivity contribution in [1.82, 2.24) is 0 Å². The van der Waals surface area contributed by atoms with Gasteiger partial charge in [0.25, 0.3) is 0 Å². The summed E-state index contributed by atoms with van der Waals surface area (Å²) in [6.45, 7) is 0. The van der Waals surface area contributed by atoms with Crippen LogP contribution in [-0.4, -0.2) is 11.6 Å². The lowest BCUT2D eigenvalue weighted by atomic mass is 9.72. The highest BCUT2D eigenvalue weighted by atomic mass is 35.5. The van der Waals surface area contributed by atoms with Crippen LogP contribution in [0.3, 0.4) is 0 Å². The molecular formula is C14H10ClNO2. The van der Waals surface area contributed by atoms with Crippen molar-refractivity contribution < 1.29 is 9.59 Å². The lowest BCUT2D eigenvalue weighted by Gasteiger charge is -2.29. The van der Waals surface area contributed by atoms with E-state index in [9.17, 15) is 9.59 Å². The van der Waals surface area contributed by atoms with Crippen LogP contribution in [0.15, 0.2) is 47.1 Å². The van der Waals surface area contributed by atoms with Crippen LogP contribution in [0.2, 0.25) is 0 Å². The van der Waals surface area contributed by atoms with Crippen LogP contribution < -0.4 is 5.73 Å². The molecule has 3 rings (SSSR count). The fraction of sp³-hybridized carbons (Fsp3) is 0.143. The first-order chi connectivity index (χ1) is 8.59. The van der Waals surface area contributed by atoms with Gasteiger partial charge in [0.05, 0.1) is 16.9 Å². The monoisotopic (exact) mass is 259 g/mol. The molecule has 1 aromatic rings. The van der Waals surface area contributed by atoms with Crippen molar-refractivity contribution in [2.45, 2.75) is 0 Å². The van der Waals surface area contributed by atoms with Crippen LogP contribution in [0.4, 0.5) is 0 Å². The smallest absolute Gasteiger partial charge is 0.171 e. The maximum Gasteiger partial charge on any atom is 0.171 e. The number of halogens is 1. The molecule has 2 N–H and O–H groups in total. The minimum absolute atomic E-state index is 0.0708. The molecule has 0 radical (unpaired) electrons. The molecule has 0 heterocycles. The van der Waals surface area contributed by atoms with Crippen LogP contribution in [0.25, 0.3) is 0 Å². The van der Waals surface area contributed by atoms with E-state index in [1.165, 1.54) is 0 Å². The highest BCUT2D eigenvalue weighted by Crippen LogP contribution is 2.37. The minimum Gasteiger partial charge on any atom is -0.398 e. The summed E-state index contributed by atoms with van der Waals surface area (Å²) in [5, 5.41) is 0.344. The highest BCUT2D eigenvalue weighted by Gasteiger charge is 2.40. The van der Waals surface area contributed by atoms with Gasteiger partial charge in [0.1, 0.15) is 0 Å². The molecule has 0 bridgehead atoms. The Hall–Kier alpha value is -1.87. The second-order valence-corrected chi connectivity index (χ2v) is 4.87. The molecule has 0 aromatic heterocycles. The number of nitrogens with two attached hydrogens (primary N) is 1. The van der Waals surface area contributed by atoms with E-state index in [0.29, 0.717) is 21.9 Å². The Morgan fingerprint density at radius 1 is 0.944 bits per heavy atom. The van der Waals surface area contributed by atoms with Crippen LogP contribution in [0.5, 0.6) is 0 Å². The summed E-state index contributed by atoms with van der Waals surface area (Å²) < 4.78 is 0. The maximum atomic E-state index is 12.3. The summed E-state index contributed by atoms with van der Waals surface area (Å²) in [5.41, 5.74) is 7.01. The second-order valence-electron chi connectivity index (χ2n) is 4.46. The zero-order valence-electron chi connectivity index (χ0n) is 9.39. The molecule has 0 aliphatic heterocycles. The highest BCUT2D eigenvalue weighted by molar-refractivity contribution is 6.32. The molecule has 4 heteroatoms. The van der Waals surface area contributed by atoms with Gasteiger partial charge in [0.15, 0.2) is 11.6 Å². The van der Waals surface area contributed by atoms with Gasteiger partial charge < -0.3 is 5.73 Å². The summed E-state index contributed by atoms with van der Waals surface area (Å²) in [7, 11) is 0. The van der Waals surface area contributed by atoms with Gasteiger partial charge in [-0.2, -0.15) is 0 Å². The normalized spacial score (nSPS) is 26.1. The molecule has 2 aliphatic carbocycles. The van der Waals surface area contributed by atoms with Crippen molar-refractivity contribution in [2.24, 2.45) is 17.6 Å². The first-order valence-electron chi connectivity index (χ1n) is 5.62. The average molecular weight is 260 g/mol. The summed E-state index contributed by atoms with van der Waals surface area (Å²) in [6.07, 6.45) is 3.17. The van der Waals surface area contributed by atoms with Gasteiger partial charge in [-0.1, -0.05) is 41.9 Å². The molecular weight excluding hydrogens is 250 g/mol. The Morgan fingerprint density at radius 2 is 1.44 bits per heavy atom. The van der Waals surface area contributed by atoms with Crippen LogP contribution >= 0.6 is 11.6 Å². The van der Waals surface area contributed by atoms with E-state index >= 15 is 0 Å². The second kappa shape index (κ2) is 3.82. The van der Waals surface area contributed by atoms with Gasteiger partial charge in [-0.25, -0.2) is 0 Å². The van der Waals surface area contributed by atoms with Crippen LogP contribution in [0, 0.1) is 11.8 Å². The quantitative estimate of drug-likeness (QED) is 0.778. The largest absolute Gasteiger partial charge is 0.398 e. The zero-order valence-corrected chi connectivity index (χ0v) is 10.1. The summed E-state index contributed by atoms with van der Waals surface area (Å²) in [4.78, 5) is 24.6. The number of ketones is 2. The predicted molar refractivity (Wildman–Crippen MR) is 68.3 cm³/mol. The first-order valence-corrected chi connectivity index (χ1v) is 6.00. The van der Waals surface area contributed by atoms with E-state index in [4.69, 9.17) is 17.3 Å². The van der Waals surface area contributed by atoms with E-state index in [0.717, 1.165) is 0 Å². The number of carbonyl (C=O) groups is 2.